The molecule has 2 aromatic heterocycles. The minimum Gasteiger partial charge on any atom is -0.459 e. The highest BCUT2D eigenvalue weighted by Crippen LogP contribution is 2.21. The first kappa shape index (κ1) is 14.7. The first-order chi connectivity index (χ1) is 10.6. The van der Waals surface area contributed by atoms with Crippen molar-refractivity contribution in [1.29, 1.82) is 0 Å². The van der Waals surface area contributed by atoms with Crippen molar-refractivity contribution in [1.82, 2.24) is 9.78 Å². The molecule has 1 aromatic carbocycles. The monoisotopic (exact) mass is 335 g/mol. The molecule has 112 valence electrons. The van der Waals surface area contributed by atoms with Crippen molar-refractivity contribution in [2.75, 3.05) is 5.32 Å². The molecular formula is C15H11Cl2N3O2. The maximum absolute atomic E-state index is 11.9. The van der Waals surface area contributed by atoms with Crippen LogP contribution in [0.4, 0.5) is 5.82 Å². The van der Waals surface area contributed by atoms with E-state index >= 15 is 0 Å². The van der Waals surface area contributed by atoms with E-state index in [1.165, 1.54) is 6.26 Å². The normalized spacial score (nSPS) is 10.6. The lowest BCUT2D eigenvalue weighted by molar-refractivity contribution is 0.0996. The first-order valence-electron chi connectivity index (χ1n) is 6.44. The molecule has 0 saturated carbocycles. The van der Waals surface area contributed by atoms with Gasteiger partial charge >= 0.3 is 0 Å². The Bertz CT molecular complexity index is 780. The number of carbonyl (C=O) groups excluding carboxylic acids is 1. The summed E-state index contributed by atoms with van der Waals surface area (Å²) in [7, 11) is 0. The second-order valence-corrected chi connectivity index (χ2v) is 5.42. The number of furan rings is 1. The zero-order valence-electron chi connectivity index (χ0n) is 11.3. The number of halogens is 2. The van der Waals surface area contributed by atoms with Gasteiger partial charge < -0.3 is 9.73 Å². The van der Waals surface area contributed by atoms with Gasteiger partial charge in [0.1, 0.15) is 5.02 Å². The fourth-order valence-corrected chi connectivity index (χ4v) is 2.24. The Kier molecular flexibility index (Phi) is 4.18. The summed E-state index contributed by atoms with van der Waals surface area (Å²) in [6.07, 6.45) is 3.07. The molecule has 0 bridgehead atoms. The minimum atomic E-state index is -0.399. The van der Waals surface area contributed by atoms with E-state index < -0.39 is 5.91 Å². The zero-order valence-corrected chi connectivity index (χ0v) is 12.8. The first-order valence-corrected chi connectivity index (χ1v) is 7.19. The number of aromatic nitrogens is 2. The SMILES string of the molecule is O=C(Nc1nn(Cc2ccc(Cl)cc2)cc1Cl)c1ccco1. The van der Waals surface area contributed by atoms with E-state index in [-0.39, 0.29) is 11.6 Å². The van der Waals surface area contributed by atoms with Gasteiger partial charge in [-0.1, -0.05) is 35.3 Å². The second-order valence-electron chi connectivity index (χ2n) is 4.58. The Balaban J connectivity index is 1.73. The lowest BCUT2D eigenvalue weighted by Gasteiger charge is -2.02. The molecule has 1 N–H and O–H groups in total. The van der Waals surface area contributed by atoms with Gasteiger partial charge in [-0.05, 0) is 29.8 Å². The van der Waals surface area contributed by atoms with Crippen molar-refractivity contribution in [3.63, 3.8) is 0 Å². The number of nitrogens with one attached hydrogen (secondary N) is 1. The number of rotatable bonds is 4. The molecule has 0 fully saturated rings. The predicted molar refractivity (Wildman–Crippen MR) is 84.5 cm³/mol. The second kappa shape index (κ2) is 6.25. The van der Waals surface area contributed by atoms with E-state index in [1.807, 2.05) is 24.3 Å². The highest BCUT2D eigenvalue weighted by molar-refractivity contribution is 6.33. The lowest BCUT2D eigenvalue weighted by atomic mass is 10.2. The topological polar surface area (TPSA) is 60.1 Å². The van der Waals surface area contributed by atoms with Gasteiger partial charge in [-0.15, -0.1) is 0 Å². The number of nitrogens with zero attached hydrogens (tertiary/aromatic N) is 2. The third-order valence-electron chi connectivity index (χ3n) is 2.95. The predicted octanol–water partition coefficient (Wildman–Crippen LogP) is 4.08. The Morgan fingerprint density at radius 1 is 1.23 bits per heavy atom. The van der Waals surface area contributed by atoms with Crippen LogP contribution in [0.5, 0.6) is 0 Å². The number of anilines is 1. The quantitative estimate of drug-likeness (QED) is 0.781. The van der Waals surface area contributed by atoms with E-state index in [1.54, 1.807) is 23.0 Å². The van der Waals surface area contributed by atoms with Gasteiger partial charge in [-0.3, -0.25) is 9.48 Å². The van der Waals surface area contributed by atoms with Crippen LogP contribution in [0, 0.1) is 0 Å². The van der Waals surface area contributed by atoms with Crippen LogP contribution in [0.15, 0.2) is 53.3 Å². The summed E-state index contributed by atoms with van der Waals surface area (Å²) in [5.74, 6) is 0.0870. The molecule has 0 aliphatic heterocycles. The Morgan fingerprint density at radius 3 is 2.68 bits per heavy atom. The molecule has 0 saturated heterocycles. The molecule has 2 heterocycles. The number of hydrogen-bond donors (Lipinski definition) is 1. The molecule has 5 nitrogen and oxygen atoms in total. The molecule has 3 aromatic rings. The van der Waals surface area contributed by atoms with Gasteiger partial charge in [0.2, 0.25) is 0 Å². The number of amides is 1. The van der Waals surface area contributed by atoms with E-state index in [0.717, 1.165) is 5.56 Å². The van der Waals surface area contributed by atoms with E-state index in [4.69, 9.17) is 27.6 Å². The molecular weight excluding hydrogens is 325 g/mol. The van der Waals surface area contributed by atoms with Crippen LogP contribution in [-0.2, 0) is 6.54 Å². The molecule has 1 amide bonds. The van der Waals surface area contributed by atoms with E-state index in [0.29, 0.717) is 16.6 Å². The molecule has 0 unspecified atom stereocenters. The average molecular weight is 336 g/mol. The molecule has 0 atom stereocenters. The van der Waals surface area contributed by atoms with Crippen LogP contribution in [0.1, 0.15) is 16.1 Å². The molecule has 0 spiro atoms. The summed E-state index contributed by atoms with van der Waals surface area (Å²) >= 11 is 11.9. The third kappa shape index (κ3) is 3.32. The van der Waals surface area contributed by atoms with E-state index in [9.17, 15) is 4.79 Å². The Hall–Kier alpha value is -2.24. The van der Waals surface area contributed by atoms with Gasteiger partial charge in [0.15, 0.2) is 11.6 Å². The van der Waals surface area contributed by atoms with Crippen LogP contribution >= 0.6 is 23.2 Å². The maximum Gasteiger partial charge on any atom is 0.292 e. The highest BCUT2D eigenvalue weighted by Gasteiger charge is 2.14. The van der Waals surface area contributed by atoms with Crippen LogP contribution < -0.4 is 5.32 Å². The largest absolute Gasteiger partial charge is 0.459 e. The van der Waals surface area contributed by atoms with Gasteiger partial charge in [0.25, 0.3) is 5.91 Å². The van der Waals surface area contributed by atoms with Crippen molar-refractivity contribution >= 4 is 34.9 Å². The van der Waals surface area contributed by atoms with Crippen molar-refractivity contribution < 1.29 is 9.21 Å². The third-order valence-corrected chi connectivity index (χ3v) is 3.48. The summed E-state index contributed by atoms with van der Waals surface area (Å²) < 4.78 is 6.66. The highest BCUT2D eigenvalue weighted by atomic mass is 35.5. The molecule has 0 aliphatic carbocycles. The van der Waals surface area contributed by atoms with Crippen molar-refractivity contribution in [3.8, 4) is 0 Å². The summed E-state index contributed by atoms with van der Waals surface area (Å²) in [6, 6.07) is 10.6. The van der Waals surface area contributed by atoms with Gasteiger partial charge in [-0.25, -0.2) is 0 Å². The average Bonchev–Trinajstić information content (AvgIpc) is 3.12. The number of hydrogen-bond acceptors (Lipinski definition) is 3. The molecule has 0 radical (unpaired) electrons. The number of carbonyl (C=O) groups is 1. The fraction of sp³-hybridized carbons (Fsp3) is 0.0667. The van der Waals surface area contributed by atoms with Crippen LogP contribution in [-0.4, -0.2) is 15.7 Å². The summed E-state index contributed by atoms with van der Waals surface area (Å²) in [4.78, 5) is 11.9. The fourth-order valence-electron chi connectivity index (χ4n) is 1.92. The molecule has 22 heavy (non-hydrogen) atoms. The standard InChI is InChI=1S/C15H11Cl2N3O2/c16-11-5-3-10(4-6-11)8-20-9-12(17)14(19-20)18-15(21)13-2-1-7-22-13/h1-7,9H,8H2,(H,18,19,21). The summed E-state index contributed by atoms with van der Waals surface area (Å²) in [5, 5.41) is 7.90. The maximum atomic E-state index is 11.9. The summed E-state index contributed by atoms with van der Waals surface area (Å²) in [5.41, 5.74) is 1.02. The minimum absolute atomic E-state index is 0.198. The van der Waals surface area contributed by atoms with Gasteiger partial charge in [0.05, 0.1) is 12.8 Å². The van der Waals surface area contributed by atoms with Crippen molar-refractivity contribution in [3.05, 3.63) is 70.2 Å². The van der Waals surface area contributed by atoms with Gasteiger partial charge in [0, 0.05) is 11.2 Å². The molecule has 3 rings (SSSR count). The van der Waals surface area contributed by atoms with Gasteiger partial charge in [-0.2, -0.15) is 5.10 Å². The van der Waals surface area contributed by atoms with E-state index in [2.05, 4.69) is 10.4 Å². The summed E-state index contributed by atoms with van der Waals surface area (Å²) in [6.45, 7) is 0.521. The van der Waals surface area contributed by atoms with Crippen molar-refractivity contribution in [2.24, 2.45) is 0 Å². The zero-order chi connectivity index (χ0) is 15.5. The van der Waals surface area contributed by atoms with Crippen LogP contribution in [0.25, 0.3) is 0 Å². The Morgan fingerprint density at radius 2 is 2.00 bits per heavy atom. The number of benzene rings is 1. The molecule has 0 aliphatic rings. The van der Waals surface area contributed by atoms with Crippen molar-refractivity contribution in [2.45, 2.75) is 6.54 Å². The molecule has 7 heteroatoms. The van der Waals surface area contributed by atoms with Crippen LogP contribution in [0.3, 0.4) is 0 Å². The van der Waals surface area contributed by atoms with Crippen LogP contribution in [0.2, 0.25) is 10.0 Å². The Labute approximate surface area is 136 Å². The lowest BCUT2D eigenvalue weighted by Crippen LogP contribution is -2.12. The smallest absolute Gasteiger partial charge is 0.292 e.